The normalized spacial score (nSPS) is 34.2. The van der Waals surface area contributed by atoms with E-state index in [1.54, 1.807) is 5.57 Å². The van der Waals surface area contributed by atoms with Gasteiger partial charge < -0.3 is 4.79 Å². The third-order valence-electron chi connectivity index (χ3n) is 3.51. The summed E-state index contributed by atoms with van der Waals surface area (Å²) in [5, 5.41) is 0. The van der Waals surface area contributed by atoms with Crippen molar-refractivity contribution < 1.29 is 4.79 Å². The zero-order valence-electron chi connectivity index (χ0n) is 7.51. The van der Waals surface area contributed by atoms with Gasteiger partial charge in [0.25, 0.3) is 0 Å². The number of hydrogen-bond acceptors (Lipinski definition) is 1. The zero-order valence-corrected chi connectivity index (χ0v) is 7.51. The Hall–Kier alpha value is -0.590. The first kappa shape index (κ1) is 8.03. The van der Waals surface area contributed by atoms with Crippen LogP contribution in [0.3, 0.4) is 0 Å². The zero-order chi connectivity index (χ0) is 8.44. The Bertz CT molecular complexity index is 217. The topological polar surface area (TPSA) is 17.1 Å². The molecule has 1 fully saturated rings. The number of carbonyl (C=O) groups excluding carboxylic acids is 1. The quantitative estimate of drug-likeness (QED) is 0.453. The SMILES string of the molecule is O=CCC12CCCC=C1CCC2. The van der Waals surface area contributed by atoms with Crippen LogP contribution in [0.2, 0.25) is 0 Å². The van der Waals surface area contributed by atoms with Crippen molar-refractivity contribution in [3.63, 3.8) is 0 Å². The van der Waals surface area contributed by atoms with E-state index in [2.05, 4.69) is 6.08 Å². The first-order chi connectivity index (χ1) is 5.87. The average molecular weight is 164 g/mol. The van der Waals surface area contributed by atoms with Crippen molar-refractivity contribution in [3.05, 3.63) is 11.6 Å². The molecule has 1 unspecified atom stereocenters. The standard InChI is InChI=1S/C11H16O/c12-9-8-11-6-2-1-4-10(11)5-3-7-11/h4,9H,1-3,5-8H2. The van der Waals surface area contributed by atoms with Gasteiger partial charge in [-0.25, -0.2) is 0 Å². The maximum absolute atomic E-state index is 10.6. The van der Waals surface area contributed by atoms with Gasteiger partial charge in [0.1, 0.15) is 6.29 Å². The Morgan fingerprint density at radius 2 is 2.25 bits per heavy atom. The van der Waals surface area contributed by atoms with Crippen molar-refractivity contribution in [2.24, 2.45) is 5.41 Å². The van der Waals surface area contributed by atoms with Gasteiger partial charge in [0.05, 0.1) is 0 Å². The summed E-state index contributed by atoms with van der Waals surface area (Å²) < 4.78 is 0. The lowest BCUT2D eigenvalue weighted by molar-refractivity contribution is -0.109. The molecule has 0 heterocycles. The highest BCUT2D eigenvalue weighted by Crippen LogP contribution is 2.51. The third-order valence-corrected chi connectivity index (χ3v) is 3.51. The van der Waals surface area contributed by atoms with E-state index in [1.165, 1.54) is 38.5 Å². The second kappa shape index (κ2) is 3.04. The Kier molecular flexibility index (Phi) is 2.03. The molecule has 0 radical (unpaired) electrons. The molecule has 1 nitrogen and oxygen atoms in total. The Morgan fingerprint density at radius 3 is 3.08 bits per heavy atom. The summed E-state index contributed by atoms with van der Waals surface area (Å²) in [7, 11) is 0. The molecule has 0 saturated heterocycles. The minimum absolute atomic E-state index is 0.333. The Morgan fingerprint density at radius 1 is 1.42 bits per heavy atom. The number of carbonyl (C=O) groups is 1. The predicted molar refractivity (Wildman–Crippen MR) is 48.9 cm³/mol. The van der Waals surface area contributed by atoms with Gasteiger partial charge in [-0.15, -0.1) is 0 Å². The smallest absolute Gasteiger partial charge is 0.120 e. The molecule has 2 aliphatic rings. The van der Waals surface area contributed by atoms with E-state index >= 15 is 0 Å². The summed E-state index contributed by atoms with van der Waals surface area (Å²) in [5.74, 6) is 0. The van der Waals surface area contributed by atoms with Crippen molar-refractivity contribution in [1.29, 1.82) is 0 Å². The molecular formula is C11H16O. The van der Waals surface area contributed by atoms with Crippen molar-refractivity contribution in [2.45, 2.75) is 44.9 Å². The monoisotopic (exact) mass is 164 g/mol. The fraction of sp³-hybridized carbons (Fsp3) is 0.727. The van der Waals surface area contributed by atoms with E-state index in [9.17, 15) is 4.79 Å². The van der Waals surface area contributed by atoms with Crippen molar-refractivity contribution >= 4 is 6.29 Å². The molecule has 66 valence electrons. The number of fused-ring (bicyclic) bond motifs is 1. The fourth-order valence-corrected chi connectivity index (χ4v) is 2.86. The van der Waals surface area contributed by atoms with Crippen LogP contribution >= 0.6 is 0 Å². The molecular weight excluding hydrogens is 148 g/mol. The molecule has 0 N–H and O–H groups in total. The summed E-state index contributed by atoms with van der Waals surface area (Å²) >= 11 is 0. The van der Waals surface area contributed by atoms with E-state index in [0.717, 1.165) is 12.7 Å². The van der Waals surface area contributed by atoms with Crippen LogP contribution in [0.5, 0.6) is 0 Å². The van der Waals surface area contributed by atoms with Crippen LogP contribution in [0.25, 0.3) is 0 Å². The van der Waals surface area contributed by atoms with Crippen molar-refractivity contribution in [2.75, 3.05) is 0 Å². The molecule has 0 bridgehead atoms. The molecule has 0 spiro atoms. The summed E-state index contributed by atoms with van der Waals surface area (Å²) in [5.41, 5.74) is 1.93. The summed E-state index contributed by atoms with van der Waals surface area (Å²) in [6.07, 6.45) is 11.9. The van der Waals surface area contributed by atoms with Gasteiger partial charge in [-0.05, 0) is 43.9 Å². The van der Waals surface area contributed by atoms with E-state index in [0.29, 0.717) is 5.41 Å². The summed E-state index contributed by atoms with van der Waals surface area (Å²) in [4.78, 5) is 10.6. The molecule has 0 aromatic heterocycles. The lowest BCUT2D eigenvalue weighted by Crippen LogP contribution is -2.21. The van der Waals surface area contributed by atoms with Crippen LogP contribution in [0, 0.1) is 5.41 Å². The van der Waals surface area contributed by atoms with Crippen molar-refractivity contribution in [3.8, 4) is 0 Å². The lowest BCUT2D eigenvalue weighted by atomic mass is 9.72. The van der Waals surface area contributed by atoms with Gasteiger partial charge in [0.2, 0.25) is 0 Å². The van der Waals surface area contributed by atoms with Crippen LogP contribution in [0.15, 0.2) is 11.6 Å². The van der Waals surface area contributed by atoms with Gasteiger partial charge in [-0.1, -0.05) is 11.6 Å². The lowest BCUT2D eigenvalue weighted by Gasteiger charge is -2.32. The number of rotatable bonds is 2. The Balaban J connectivity index is 2.24. The highest BCUT2D eigenvalue weighted by Gasteiger charge is 2.38. The predicted octanol–water partition coefficient (Wildman–Crippen LogP) is 2.86. The first-order valence-electron chi connectivity index (χ1n) is 5.01. The first-order valence-corrected chi connectivity index (χ1v) is 5.01. The molecule has 0 aromatic rings. The molecule has 1 heteroatoms. The van der Waals surface area contributed by atoms with Crippen LogP contribution in [-0.2, 0) is 4.79 Å². The maximum Gasteiger partial charge on any atom is 0.120 e. The highest BCUT2D eigenvalue weighted by atomic mass is 16.1. The van der Waals surface area contributed by atoms with Crippen LogP contribution in [0.1, 0.15) is 44.9 Å². The third kappa shape index (κ3) is 1.12. The molecule has 0 aromatic carbocycles. The van der Waals surface area contributed by atoms with Gasteiger partial charge in [0.15, 0.2) is 0 Å². The average Bonchev–Trinajstić information content (AvgIpc) is 2.48. The molecule has 1 saturated carbocycles. The number of allylic oxidation sites excluding steroid dienone is 2. The van der Waals surface area contributed by atoms with Gasteiger partial charge >= 0.3 is 0 Å². The van der Waals surface area contributed by atoms with Crippen molar-refractivity contribution in [1.82, 2.24) is 0 Å². The van der Waals surface area contributed by atoms with Crippen LogP contribution < -0.4 is 0 Å². The summed E-state index contributed by atoms with van der Waals surface area (Å²) in [6.45, 7) is 0. The van der Waals surface area contributed by atoms with Crippen LogP contribution in [-0.4, -0.2) is 6.29 Å². The second-order valence-corrected chi connectivity index (χ2v) is 4.13. The van der Waals surface area contributed by atoms with Gasteiger partial charge in [-0.3, -0.25) is 0 Å². The molecule has 0 aliphatic heterocycles. The minimum atomic E-state index is 0.333. The minimum Gasteiger partial charge on any atom is -0.303 e. The molecule has 1 atom stereocenters. The Labute approximate surface area is 73.8 Å². The molecule has 2 rings (SSSR count). The number of aldehydes is 1. The highest BCUT2D eigenvalue weighted by molar-refractivity contribution is 5.53. The van der Waals surface area contributed by atoms with E-state index in [4.69, 9.17) is 0 Å². The van der Waals surface area contributed by atoms with Gasteiger partial charge in [0, 0.05) is 6.42 Å². The molecule has 2 aliphatic carbocycles. The van der Waals surface area contributed by atoms with E-state index in [1.807, 2.05) is 0 Å². The maximum atomic E-state index is 10.6. The van der Waals surface area contributed by atoms with E-state index in [-0.39, 0.29) is 0 Å². The molecule has 0 amide bonds. The fourth-order valence-electron chi connectivity index (χ4n) is 2.86. The number of hydrogen-bond donors (Lipinski definition) is 0. The second-order valence-electron chi connectivity index (χ2n) is 4.13. The summed E-state index contributed by atoms with van der Waals surface area (Å²) in [6, 6.07) is 0. The largest absolute Gasteiger partial charge is 0.303 e. The van der Waals surface area contributed by atoms with Crippen LogP contribution in [0.4, 0.5) is 0 Å². The van der Waals surface area contributed by atoms with Gasteiger partial charge in [-0.2, -0.15) is 0 Å². The van der Waals surface area contributed by atoms with E-state index < -0.39 is 0 Å². The molecule has 12 heavy (non-hydrogen) atoms.